The van der Waals surface area contributed by atoms with Crippen LogP contribution < -0.4 is 11.1 Å². The van der Waals surface area contributed by atoms with Gasteiger partial charge in [0, 0.05) is 12.8 Å². The Morgan fingerprint density at radius 3 is 2.75 bits per heavy atom. The molecular weight excluding hydrogens is 296 g/mol. The minimum atomic E-state index is -3.36. The van der Waals surface area contributed by atoms with Gasteiger partial charge in [-0.15, -0.1) is 0 Å². The van der Waals surface area contributed by atoms with Crippen molar-refractivity contribution in [3.63, 3.8) is 0 Å². The molecule has 0 amide bonds. The second kappa shape index (κ2) is 5.82. The molecule has 1 atom stereocenters. The van der Waals surface area contributed by atoms with Gasteiger partial charge in [-0.05, 0) is 34.5 Å². The van der Waals surface area contributed by atoms with Crippen molar-refractivity contribution >= 4 is 32.5 Å². The Kier molecular flexibility index (Phi) is 4.32. The summed E-state index contributed by atoms with van der Waals surface area (Å²) in [5.41, 5.74) is 7.35. The molecule has 4 N–H and O–H groups in total. The summed E-state index contributed by atoms with van der Waals surface area (Å²) in [5, 5.41) is 16.7. The molecule has 0 radical (unpaired) electrons. The van der Waals surface area contributed by atoms with Crippen molar-refractivity contribution in [1.82, 2.24) is 0 Å². The van der Waals surface area contributed by atoms with E-state index < -0.39 is 15.9 Å². The number of rotatable bonds is 5. The van der Waals surface area contributed by atoms with Crippen molar-refractivity contribution in [2.24, 2.45) is 0 Å². The summed E-state index contributed by atoms with van der Waals surface area (Å²) in [4.78, 5) is 0.0903. The molecule has 5 nitrogen and oxygen atoms in total. The molecule has 0 bridgehead atoms. The SMILES string of the molecule is CS(=O)(=O)c1cccc(NCC(O)c2ccsc2)c1N. The summed E-state index contributed by atoms with van der Waals surface area (Å²) in [6.45, 7) is 0.258. The fraction of sp³-hybridized carbons (Fsp3) is 0.231. The fourth-order valence-electron chi connectivity index (χ4n) is 1.81. The van der Waals surface area contributed by atoms with Gasteiger partial charge in [-0.2, -0.15) is 11.3 Å². The maximum absolute atomic E-state index is 11.6. The van der Waals surface area contributed by atoms with Crippen LogP contribution in [0.2, 0.25) is 0 Å². The van der Waals surface area contributed by atoms with Gasteiger partial charge in [0.1, 0.15) is 0 Å². The van der Waals surface area contributed by atoms with E-state index in [1.165, 1.54) is 17.4 Å². The van der Waals surface area contributed by atoms with E-state index >= 15 is 0 Å². The summed E-state index contributed by atoms with van der Waals surface area (Å²) in [6.07, 6.45) is 0.449. The fourth-order valence-corrected chi connectivity index (χ4v) is 3.35. The van der Waals surface area contributed by atoms with E-state index in [1.807, 2.05) is 16.8 Å². The first-order chi connectivity index (χ1) is 9.39. The molecule has 1 aromatic heterocycles. The van der Waals surface area contributed by atoms with Crippen LogP contribution in [0.15, 0.2) is 39.9 Å². The Morgan fingerprint density at radius 2 is 2.15 bits per heavy atom. The largest absolute Gasteiger partial charge is 0.396 e. The number of para-hydroxylation sites is 1. The summed E-state index contributed by atoms with van der Waals surface area (Å²) >= 11 is 1.51. The third-order valence-corrected chi connectivity index (χ3v) is 4.74. The van der Waals surface area contributed by atoms with E-state index in [-0.39, 0.29) is 17.1 Å². The van der Waals surface area contributed by atoms with Crippen LogP contribution in [0, 0.1) is 0 Å². The Bertz CT molecular complexity index is 682. The first-order valence-corrected chi connectivity index (χ1v) is 8.75. The van der Waals surface area contributed by atoms with Crippen molar-refractivity contribution < 1.29 is 13.5 Å². The quantitative estimate of drug-likeness (QED) is 0.733. The smallest absolute Gasteiger partial charge is 0.177 e. The molecule has 7 heteroatoms. The van der Waals surface area contributed by atoms with Gasteiger partial charge in [0.15, 0.2) is 9.84 Å². The van der Waals surface area contributed by atoms with Crippen LogP contribution in [0.25, 0.3) is 0 Å². The monoisotopic (exact) mass is 312 g/mol. The van der Waals surface area contributed by atoms with Gasteiger partial charge >= 0.3 is 0 Å². The number of thiophene rings is 1. The predicted octanol–water partition coefficient (Wildman–Crippen LogP) is 1.88. The van der Waals surface area contributed by atoms with Crippen LogP contribution in [0.3, 0.4) is 0 Å². The molecule has 1 aromatic carbocycles. The number of nitrogen functional groups attached to an aromatic ring is 1. The molecular formula is C13H16N2O3S2. The van der Waals surface area contributed by atoms with Crippen LogP contribution in [-0.2, 0) is 9.84 Å². The molecule has 1 unspecified atom stereocenters. The van der Waals surface area contributed by atoms with Crippen LogP contribution in [-0.4, -0.2) is 26.3 Å². The standard InChI is InChI=1S/C13H16N2O3S2/c1-20(17,18)12-4-2-3-10(13(12)14)15-7-11(16)9-5-6-19-8-9/h2-6,8,11,15-16H,7,14H2,1H3. The lowest BCUT2D eigenvalue weighted by Crippen LogP contribution is -2.13. The number of nitrogens with two attached hydrogens (primary N) is 1. The molecule has 0 fully saturated rings. The van der Waals surface area contributed by atoms with Gasteiger partial charge in [0.05, 0.1) is 22.4 Å². The van der Waals surface area contributed by atoms with E-state index in [9.17, 15) is 13.5 Å². The third kappa shape index (κ3) is 3.30. The molecule has 2 aromatic rings. The summed E-state index contributed by atoms with van der Waals surface area (Å²) < 4.78 is 23.2. The molecule has 2 rings (SSSR count). The normalized spacial score (nSPS) is 13.1. The first kappa shape index (κ1) is 14.8. The van der Waals surface area contributed by atoms with Crippen molar-refractivity contribution in [2.45, 2.75) is 11.0 Å². The lowest BCUT2D eigenvalue weighted by atomic mass is 10.2. The van der Waals surface area contributed by atoms with E-state index in [1.54, 1.807) is 12.1 Å². The van der Waals surface area contributed by atoms with Crippen LogP contribution in [0.1, 0.15) is 11.7 Å². The van der Waals surface area contributed by atoms with E-state index in [4.69, 9.17) is 5.73 Å². The minimum absolute atomic E-state index is 0.0903. The van der Waals surface area contributed by atoms with E-state index in [0.717, 1.165) is 11.8 Å². The van der Waals surface area contributed by atoms with Gasteiger partial charge in [-0.3, -0.25) is 0 Å². The highest BCUT2D eigenvalue weighted by molar-refractivity contribution is 7.90. The summed E-state index contributed by atoms with van der Waals surface area (Å²) in [6, 6.07) is 6.61. The van der Waals surface area contributed by atoms with Crippen molar-refractivity contribution in [3.8, 4) is 0 Å². The third-order valence-electron chi connectivity index (χ3n) is 2.88. The highest BCUT2D eigenvalue weighted by atomic mass is 32.2. The number of nitrogens with one attached hydrogen (secondary N) is 1. The number of aliphatic hydroxyl groups is 1. The maximum Gasteiger partial charge on any atom is 0.177 e. The van der Waals surface area contributed by atoms with Gasteiger partial charge in [-0.25, -0.2) is 8.42 Å². The Morgan fingerprint density at radius 1 is 1.40 bits per heavy atom. The molecule has 0 aliphatic rings. The average Bonchev–Trinajstić information content (AvgIpc) is 2.89. The lowest BCUT2D eigenvalue weighted by Gasteiger charge is -2.15. The van der Waals surface area contributed by atoms with Gasteiger partial charge in [-0.1, -0.05) is 6.07 Å². The number of benzene rings is 1. The molecule has 0 aliphatic heterocycles. The summed E-state index contributed by atoms with van der Waals surface area (Å²) in [5.74, 6) is 0. The number of anilines is 2. The number of hydrogen-bond acceptors (Lipinski definition) is 6. The summed E-state index contributed by atoms with van der Waals surface area (Å²) in [7, 11) is -3.36. The highest BCUT2D eigenvalue weighted by Gasteiger charge is 2.15. The molecule has 20 heavy (non-hydrogen) atoms. The Hall–Kier alpha value is -1.57. The topological polar surface area (TPSA) is 92.4 Å². The van der Waals surface area contributed by atoms with Gasteiger partial charge < -0.3 is 16.2 Å². The number of sulfone groups is 1. The molecule has 0 aliphatic carbocycles. The Balaban J connectivity index is 2.15. The zero-order valence-corrected chi connectivity index (χ0v) is 12.5. The molecule has 0 saturated carbocycles. The van der Waals surface area contributed by atoms with Crippen molar-refractivity contribution in [2.75, 3.05) is 23.9 Å². The minimum Gasteiger partial charge on any atom is -0.396 e. The second-order valence-corrected chi connectivity index (χ2v) is 7.21. The predicted molar refractivity (Wildman–Crippen MR) is 81.7 cm³/mol. The zero-order valence-electron chi connectivity index (χ0n) is 10.9. The zero-order chi connectivity index (χ0) is 14.8. The van der Waals surface area contributed by atoms with Crippen LogP contribution in [0.4, 0.5) is 11.4 Å². The molecule has 1 heterocycles. The lowest BCUT2D eigenvalue weighted by molar-refractivity contribution is 0.192. The highest BCUT2D eigenvalue weighted by Crippen LogP contribution is 2.27. The van der Waals surface area contributed by atoms with Crippen LogP contribution >= 0.6 is 11.3 Å². The second-order valence-electron chi connectivity index (χ2n) is 4.44. The van der Waals surface area contributed by atoms with Gasteiger partial charge in [0.2, 0.25) is 0 Å². The first-order valence-electron chi connectivity index (χ1n) is 5.92. The maximum atomic E-state index is 11.6. The average molecular weight is 312 g/mol. The van der Waals surface area contributed by atoms with E-state index in [2.05, 4.69) is 5.32 Å². The van der Waals surface area contributed by atoms with E-state index in [0.29, 0.717) is 5.69 Å². The Labute approximate surface area is 122 Å². The van der Waals surface area contributed by atoms with Gasteiger partial charge in [0.25, 0.3) is 0 Å². The molecule has 108 valence electrons. The number of hydrogen-bond donors (Lipinski definition) is 3. The van der Waals surface area contributed by atoms with Crippen LogP contribution in [0.5, 0.6) is 0 Å². The molecule has 0 spiro atoms. The van der Waals surface area contributed by atoms with Crippen molar-refractivity contribution in [1.29, 1.82) is 0 Å². The number of aliphatic hydroxyl groups excluding tert-OH is 1. The van der Waals surface area contributed by atoms with Crippen molar-refractivity contribution in [3.05, 3.63) is 40.6 Å². The molecule has 0 saturated heterocycles.